The summed E-state index contributed by atoms with van der Waals surface area (Å²) in [4.78, 5) is 31.6. The number of hydrogen-bond acceptors (Lipinski definition) is 7. The van der Waals surface area contributed by atoms with Crippen molar-refractivity contribution in [1.82, 2.24) is 14.8 Å². The van der Waals surface area contributed by atoms with Gasteiger partial charge in [-0.25, -0.2) is 9.40 Å². The van der Waals surface area contributed by atoms with Crippen LogP contribution < -0.4 is 9.47 Å². The fourth-order valence-corrected chi connectivity index (χ4v) is 5.96. The predicted octanol–water partition coefficient (Wildman–Crippen LogP) is 3.87. The smallest absolute Gasteiger partial charge is 0.262 e. The zero-order valence-corrected chi connectivity index (χ0v) is 23.9. The SMILES string of the molecule is COc1ccc(OC)c([C@H]2CC(c3ccccc3F)=NN2C(=O)CN(CCN2CCOCC2)C(=O)C2CCCC2)c1. The summed E-state index contributed by atoms with van der Waals surface area (Å²) in [6.07, 6.45) is 4.05. The van der Waals surface area contributed by atoms with Crippen molar-refractivity contribution in [3.8, 4) is 11.5 Å². The van der Waals surface area contributed by atoms with Crippen molar-refractivity contribution in [2.24, 2.45) is 11.0 Å². The van der Waals surface area contributed by atoms with E-state index in [1.54, 1.807) is 49.5 Å². The summed E-state index contributed by atoms with van der Waals surface area (Å²) in [5.41, 5.74) is 1.52. The van der Waals surface area contributed by atoms with Gasteiger partial charge in [0.25, 0.3) is 5.91 Å². The molecule has 2 amide bonds. The van der Waals surface area contributed by atoms with Gasteiger partial charge < -0.3 is 19.1 Å². The molecule has 0 aromatic heterocycles. The average Bonchev–Trinajstić information content (AvgIpc) is 3.70. The maximum absolute atomic E-state index is 14.8. The van der Waals surface area contributed by atoms with Gasteiger partial charge in [0.15, 0.2) is 0 Å². The largest absolute Gasteiger partial charge is 0.497 e. The molecule has 2 aliphatic heterocycles. The summed E-state index contributed by atoms with van der Waals surface area (Å²) in [5.74, 6) is 0.427. The molecule has 0 radical (unpaired) electrons. The summed E-state index contributed by atoms with van der Waals surface area (Å²) in [6, 6.07) is 11.3. The third-order valence-electron chi connectivity index (χ3n) is 8.28. The summed E-state index contributed by atoms with van der Waals surface area (Å²) < 4.78 is 31.4. The Labute approximate surface area is 240 Å². The lowest BCUT2D eigenvalue weighted by atomic mass is 9.97. The lowest BCUT2D eigenvalue weighted by Crippen LogP contribution is -2.48. The minimum absolute atomic E-state index is 0.0251. The number of hydrogen-bond donors (Lipinski definition) is 0. The number of rotatable bonds is 10. The lowest BCUT2D eigenvalue weighted by molar-refractivity contribution is -0.144. The highest BCUT2D eigenvalue weighted by molar-refractivity contribution is 6.03. The van der Waals surface area contributed by atoms with E-state index in [1.165, 1.54) is 11.1 Å². The van der Waals surface area contributed by atoms with Crippen molar-refractivity contribution >= 4 is 17.5 Å². The maximum atomic E-state index is 14.8. The van der Waals surface area contributed by atoms with E-state index in [1.807, 2.05) is 6.07 Å². The van der Waals surface area contributed by atoms with Crippen molar-refractivity contribution in [3.05, 3.63) is 59.4 Å². The van der Waals surface area contributed by atoms with E-state index in [0.29, 0.717) is 61.1 Å². The number of carbonyl (C=O) groups is 2. The Kier molecular flexibility index (Phi) is 9.51. The molecular weight excluding hydrogens is 527 g/mol. The van der Waals surface area contributed by atoms with E-state index in [2.05, 4.69) is 10.0 Å². The second-order valence-corrected chi connectivity index (χ2v) is 10.8. The Morgan fingerprint density at radius 1 is 1.07 bits per heavy atom. The van der Waals surface area contributed by atoms with Crippen LogP contribution in [0.2, 0.25) is 0 Å². The molecule has 2 aromatic rings. The highest BCUT2D eigenvalue weighted by Crippen LogP contribution is 2.39. The number of halogens is 1. The van der Waals surface area contributed by atoms with Crippen molar-refractivity contribution in [2.75, 3.05) is 60.2 Å². The molecule has 5 rings (SSSR count). The number of hydrazone groups is 1. The van der Waals surface area contributed by atoms with Gasteiger partial charge in [0.1, 0.15) is 23.9 Å². The normalized spacial score (nSPS) is 19.7. The molecule has 3 aliphatic rings. The van der Waals surface area contributed by atoms with Crippen molar-refractivity contribution in [3.63, 3.8) is 0 Å². The van der Waals surface area contributed by atoms with Gasteiger partial charge in [0.05, 0.1) is 39.2 Å². The third kappa shape index (κ3) is 6.70. The molecule has 0 unspecified atom stereocenters. The first-order valence-corrected chi connectivity index (χ1v) is 14.4. The quantitative estimate of drug-likeness (QED) is 0.434. The topological polar surface area (TPSA) is 83.9 Å². The van der Waals surface area contributed by atoms with Gasteiger partial charge in [-0.3, -0.25) is 14.5 Å². The van der Waals surface area contributed by atoms with E-state index in [4.69, 9.17) is 14.2 Å². The van der Waals surface area contributed by atoms with Gasteiger partial charge in [-0.15, -0.1) is 0 Å². The summed E-state index contributed by atoms with van der Waals surface area (Å²) in [7, 11) is 3.14. The van der Waals surface area contributed by atoms with Crippen molar-refractivity contribution in [2.45, 2.75) is 38.1 Å². The zero-order valence-electron chi connectivity index (χ0n) is 23.9. The molecule has 220 valence electrons. The Hall–Kier alpha value is -3.50. The van der Waals surface area contributed by atoms with Gasteiger partial charge in [-0.2, -0.15) is 5.10 Å². The second-order valence-electron chi connectivity index (χ2n) is 10.8. The summed E-state index contributed by atoms with van der Waals surface area (Å²) >= 11 is 0. The van der Waals surface area contributed by atoms with E-state index in [-0.39, 0.29) is 24.3 Å². The van der Waals surface area contributed by atoms with E-state index in [0.717, 1.165) is 38.8 Å². The first-order chi connectivity index (χ1) is 20.0. The second kappa shape index (κ2) is 13.4. The first-order valence-electron chi connectivity index (χ1n) is 14.4. The van der Waals surface area contributed by atoms with Gasteiger partial charge in [0, 0.05) is 49.6 Å². The van der Waals surface area contributed by atoms with Crippen LogP contribution >= 0.6 is 0 Å². The average molecular weight is 567 g/mol. The molecule has 2 aromatic carbocycles. The Morgan fingerprint density at radius 3 is 2.54 bits per heavy atom. The van der Waals surface area contributed by atoms with Gasteiger partial charge in [-0.05, 0) is 37.1 Å². The molecule has 9 nitrogen and oxygen atoms in total. The lowest BCUT2D eigenvalue weighted by Gasteiger charge is -2.32. The number of morpholine rings is 1. The van der Waals surface area contributed by atoms with Crippen LogP contribution in [0, 0.1) is 11.7 Å². The molecule has 1 atom stereocenters. The maximum Gasteiger partial charge on any atom is 0.262 e. The summed E-state index contributed by atoms with van der Waals surface area (Å²) in [6.45, 7) is 3.97. The van der Waals surface area contributed by atoms with E-state index >= 15 is 0 Å². The molecule has 2 fully saturated rings. The number of benzene rings is 2. The number of ether oxygens (including phenoxy) is 3. The monoisotopic (exact) mass is 566 g/mol. The van der Waals surface area contributed by atoms with Crippen LogP contribution in [0.4, 0.5) is 4.39 Å². The first kappa shape index (κ1) is 29.0. The Bertz CT molecular complexity index is 1260. The number of methoxy groups -OCH3 is 2. The van der Waals surface area contributed by atoms with Crippen LogP contribution in [0.25, 0.3) is 0 Å². The number of amides is 2. The molecule has 1 saturated heterocycles. The van der Waals surface area contributed by atoms with Crippen LogP contribution in [-0.4, -0.2) is 92.5 Å². The fourth-order valence-electron chi connectivity index (χ4n) is 5.96. The van der Waals surface area contributed by atoms with Crippen LogP contribution in [0.15, 0.2) is 47.6 Å². The molecule has 1 aliphatic carbocycles. The van der Waals surface area contributed by atoms with Crippen LogP contribution in [-0.2, 0) is 14.3 Å². The molecular formula is C31H39FN4O5. The molecule has 1 saturated carbocycles. The van der Waals surface area contributed by atoms with Crippen LogP contribution in [0.1, 0.15) is 49.3 Å². The van der Waals surface area contributed by atoms with Crippen LogP contribution in [0.3, 0.4) is 0 Å². The number of carbonyl (C=O) groups excluding carboxylic acids is 2. The molecule has 0 N–H and O–H groups in total. The van der Waals surface area contributed by atoms with Crippen LogP contribution in [0.5, 0.6) is 11.5 Å². The number of nitrogens with zero attached hydrogens (tertiary/aromatic N) is 4. The molecule has 0 spiro atoms. The molecule has 10 heteroatoms. The van der Waals surface area contributed by atoms with Gasteiger partial charge in [-0.1, -0.05) is 31.0 Å². The molecule has 0 bridgehead atoms. The summed E-state index contributed by atoms with van der Waals surface area (Å²) in [5, 5.41) is 6.07. The van der Waals surface area contributed by atoms with Gasteiger partial charge >= 0.3 is 0 Å². The third-order valence-corrected chi connectivity index (χ3v) is 8.28. The van der Waals surface area contributed by atoms with Crippen molar-refractivity contribution in [1.29, 1.82) is 0 Å². The predicted molar refractivity (Wildman–Crippen MR) is 152 cm³/mol. The Balaban J connectivity index is 1.44. The zero-order chi connectivity index (χ0) is 28.8. The molecule has 2 heterocycles. The fraction of sp³-hybridized carbons (Fsp3) is 0.516. The molecule has 41 heavy (non-hydrogen) atoms. The van der Waals surface area contributed by atoms with E-state index < -0.39 is 11.9 Å². The van der Waals surface area contributed by atoms with E-state index in [9.17, 15) is 14.0 Å². The standard InChI is InChI=1S/C31H39FN4O5/c1-39-23-11-12-29(40-2)25(19-23)28-20-27(24-9-5-6-10-26(24)32)33-36(28)30(37)21-35(31(38)22-7-3-4-8-22)14-13-34-15-17-41-18-16-34/h5-6,9-12,19,22,28H,3-4,7-8,13-18,20-21H2,1-2H3/t28-/m1/s1. The van der Waals surface area contributed by atoms with Crippen molar-refractivity contribution < 1.29 is 28.2 Å². The minimum atomic E-state index is -0.551. The highest BCUT2D eigenvalue weighted by Gasteiger charge is 2.38. The Morgan fingerprint density at radius 2 is 1.83 bits per heavy atom. The minimum Gasteiger partial charge on any atom is -0.497 e. The van der Waals surface area contributed by atoms with Gasteiger partial charge in [0.2, 0.25) is 5.91 Å². The highest BCUT2D eigenvalue weighted by atomic mass is 19.1.